The smallest absolute Gasteiger partial charge is 0.147 e. The van der Waals surface area contributed by atoms with Gasteiger partial charge in [0.1, 0.15) is 5.82 Å². The fourth-order valence-electron chi connectivity index (χ4n) is 3.36. The van der Waals surface area contributed by atoms with Gasteiger partial charge in [0.05, 0.1) is 5.52 Å². The molecule has 1 aliphatic rings. The Morgan fingerprint density at radius 1 is 1.23 bits per heavy atom. The van der Waals surface area contributed by atoms with Crippen molar-refractivity contribution in [2.75, 3.05) is 5.43 Å². The monoisotopic (exact) mass is 295 g/mol. The molecule has 0 amide bonds. The van der Waals surface area contributed by atoms with E-state index in [1.807, 2.05) is 6.07 Å². The highest BCUT2D eigenvalue weighted by Gasteiger charge is 2.16. The van der Waals surface area contributed by atoms with Crippen LogP contribution >= 0.6 is 0 Å². The fourth-order valence-corrected chi connectivity index (χ4v) is 3.36. The molecule has 1 aromatic heterocycles. The summed E-state index contributed by atoms with van der Waals surface area (Å²) in [6, 6.07) is 10.3. The molecule has 116 valence electrons. The van der Waals surface area contributed by atoms with Crippen LogP contribution in [0.15, 0.2) is 35.4 Å². The Labute approximate surface area is 132 Å². The number of nitrogens with one attached hydrogen (secondary N) is 1. The van der Waals surface area contributed by atoms with Gasteiger partial charge in [-0.1, -0.05) is 38.0 Å². The lowest BCUT2D eigenvalue weighted by Crippen LogP contribution is -2.15. The first-order valence-electron chi connectivity index (χ1n) is 8.44. The van der Waals surface area contributed by atoms with Gasteiger partial charge in [-0.3, -0.25) is 5.43 Å². The Balaban J connectivity index is 1.68. The van der Waals surface area contributed by atoms with Crippen LogP contribution in [0.1, 0.15) is 51.0 Å². The van der Waals surface area contributed by atoms with Crippen LogP contribution in [0.5, 0.6) is 0 Å². The van der Waals surface area contributed by atoms with E-state index in [0.717, 1.165) is 30.1 Å². The molecule has 0 bridgehead atoms. The molecule has 1 aliphatic carbocycles. The zero-order valence-electron chi connectivity index (χ0n) is 13.6. The van der Waals surface area contributed by atoms with Gasteiger partial charge >= 0.3 is 0 Å². The van der Waals surface area contributed by atoms with Crippen LogP contribution < -0.4 is 5.43 Å². The normalized spacial score (nSPS) is 18.5. The van der Waals surface area contributed by atoms with Crippen molar-refractivity contribution in [2.45, 2.75) is 52.4 Å². The number of hydrazone groups is 1. The summed E-state index contributed by atoms with van der Waals surface area (Å²) in [6.07, 6.45) is 7.51. The molecular formula is C19H25N3. The van der Waals surface area contributed by atoms with E-state index in [2.05, 4.69) is 53.6 Å². The number of anilines is 1. The third-order valence-corrected chi connectivity index (χ3v) is 4.63. The number of hydrogen-bond donors (Lipinski definition) is 1. The van der Waals surface area contributed by atoms with Gasteiger partial charge in [-0.2, -0.15) is 5.10 Å². The second kappa shape index (κ2) is 6.91. The van der Waals surface area contributed by atoms with E-state index in [1.54, 1.807) is 0 Å². The second-order valence-corrected chi connectivity index (χ2v) is 6.36. The molecule has 0 spiro atoms. The molecule has 3 rings (SSSR count). The number of hydrogen-bond acceptors (Lipinski definition) is 3. The molecule has 1 fully saturated rings. The Bertz CT molecular complexity index is 665. The van der Waals surface area contributed by atoms with Crippen LogP contribution in [-0.4, -0.2) is 10.7 Å². The van der Waals surface area contributed by atoms with Gasteiger partial charge in [0.2, 0.25) is 0 Å². The number of aromatic nitrogens is 1. The Kier molecular flexibility index (Phi) is 4.71. The molecule has 0 saturated heterocycles. The SMILES string of the molecule is CCCC1CCC(=NNc2cc(C)c3ccccc3n2)CC1. The molecule has 2 aromatic rings. The molecule has 3 nitrogen and oxygen atoms in total. The van der Waals surface area contributed by atoms with E-state index in [-0.39, 0.29) is 0 Å². The predicted molar refractivity (Wildman–Crippen MR) is 94.4 cm³/mol. The topological polar surface area (TPSA) is 37.3 Å². The van der Waals surface area contributed by atoms with Crippen molar-refractivity contribution >= 4 is 22.4 Å². The Morgan fingerprint density at radius 2 is 2.00 bits per heavy atom. The van der Waals surface area contributed by atoms with Gasteiger partial charge in [-0.25, -0.2) is 4.98 Å². The van der Waals surface area contributed by atoms with Crippen LogP contribution in [-0.2, 0) is 0 Å². The largest absolute Gasteiger partial charge is 0.261 e. The molecule has 1 N–H and O–H groups in total. The first-order valence-corrected chi connectivity index (χ1v) is 8.44. The number of benzene rings is 1. The van der Waals surface area contributed by atoms with E-state index in [1.165, 1.54) is 42.3 Å². The minimum Gasteiger partial charge on any atom is -0.261 e. The highest BCUT2D eigenvalue weighted by molar-refractivity contribution is 5.86. The van der Waals surface area contributed by atoms with Gasteiger partial charge in [0.15, 0.2) is 0 Å². The average molecular weight is 295 g/mol. The molecule has 0 radical (unpaired) electrons. The van der Waals surface area contributed by atoms with Crippen molar-refractivity contribution in [3.63, 3.8) is 0 Å². The van der Waals surface area contributed by atoms with E-state index in [0.29, 0.717) is 0 Å². The van der Waals surface area contributed by atoms with E-state index in [4.69, 9.17) is 0 Å². The zero-order chi connectivity index (χ0) is 15.4. The summed E-state index contributed by atoms with van der Waals surface area (Å²) in [5, 5.41) is 5.81. The Hall–Kier alpha value is -1.90. The lowest BCUT2D eigenvalue weighted by molar-refractivity contribution is 0.408. The van der Waals surface area contributed by atoms with Gasteiger partial charge in [-0.05, 0) is 56.2 Å². The third kappa shape index (κ3) is 3.46. The van der Waals surface area contributed by atoms with Crippen LogP contribution in [0.25, 0.3) is 10.9 Å². The summed E-state index contributed by atoms with van der Waals surface area (Å²) in [6.45, 7) is 4.40. The van der Waals surface area contributed by atoms with Gasteiger partial charge < -0.3 is 0 Å². The first-order chi connectivity index (χ1) is 10.8. The highest BCUT2D eigenvalue weighted by atomic mass is 15.3. The summed E-state index contributed by atoms with van der Waals surface area (Å²) >= 11 is 0. The van der Waals surface area contributed by atoms with Crippen molar-refractivity contribution in [1.82, 2.24) is 4.98 Å². The number of rotatable bonds is 4. The first kappa shape index (κ1) is 15.0. The number of fused-ring (bicyclic) bond motifs is 1. The minimum atomic E-state index is 0.847. The average Bonchev–Trinajstić information content (AvgIpc) is 2.55. The molecule has 0 aliphatic heterocycles. The summed E-state index contributed by atoms with van der Waals surface area (Å²) < 4.78 is 0. The lowest BCUT2D eigenvalue weighted by atomic mass is 9.85. The van der Waals surface area contributed by atoms with E-state index in [9.17, 15) is 0 Å². The molecule has 3 heteroatoms. The predicted octanol–water partition coefficient (Wildman–Crippen LogP) is 5.30. The summed E-state index contributed by atoms with van der Waals surface area (Å²) in [4.78, 5) is 4.65. The molecule has 1 aromatic carbocycles. The van der Waals surface area contributed by atoms with E-state index < -0.39 is 0 Å². The summed E-state index contributed by atoms with van der Waals surface area (Å²) in [5.41, 5.74) is 6.72. The number of para-hydroxylation sites is 1. The molecular weight excluding hydrogens is 270 g/mol. The lowest BCUT2D eigenvalue weighted by Gasteiger charge is -2.22. The molecule has 22 heavy (non-hydrogen) atoms. The van der Waals surface area contributed by atoms with E-state index >= 15 is 0 Å². The second-order valence-electron chi connectivity index (χ2n) is 6.36. The van der Waals surface area contributed by atoms with Crippen LogP contribution in [0.3, 0.4) is 0 Å². The summed E-state index contributed by atoms with van der Waals surface area (Å²) in [7, 11) is 0. The highest BCUT2D eigenvalue weighted by Crippen LogP contribution is 2.26. The maximum absolute atomic E-state index is 4.65. The van der Waals surface area contributed by atoms with Gasteiger partial charge in [-0.15, -0.1) is 0 Å². The van der Waals surface area contributed by atoms with Gasteiger partial charge in [0, 0.05) is 11.1 Å². The number of pyridine rings is 1. The van der Waals surface area contributed by atoms with Crippen LogP contribution in [0.4, 0.5) is 5.82 Å². The standard InChI is InChI=1S/C19H25N3/c1-3-6-15-9-11-16(12-10-15)21-22-19-13-14(2)17-7-4-5-8-18(17)20-19/h4-5,7-8,13,15H,3,6,9-12H2,1-2H3,(H,20,22). The third-order valence-electron chi connectivity index (χ3n) is 4.63. The van der Waals surface area contributed by atoms with Crippen molar-refractivity contribution in [3.05, 3.63) is 35.9 Å². The quantitative estimate of drug-likeness (QED) is 0.777. The number of nitrogens with zero attached hydrogens (tertiary/aromatic N) is 2. The van der Waals surface area contributed by atoms with Gasteiger partial charge in [0.25, 0.3) is 0 Å². The molecule has 0 atom stereocenters. The maximum Gasteiger partial charge on any atom is 0.147 e. The molecule has 1 saturated carbocycles. The van der Waals surface area contributed by atoms with Crippen molar-refractivity contribution < 1.29 is 0 Å². The zero-order valence-corrected chi connectivity index (χ0v) is 13.6. The van der Waals surface area contributed by atoms with Crippen molar-refractivity contribution in [3.8, 4) is 0 Å². The van der Waals surface area contributed by atoms with Crippen molar-refractivity contribution in [2.24, 2.45) is 11.0 Å². The Morgan fingerprint density at radius 3 is 2.77 bits per heavy atom. The minimum absolute atomic E-state index is 0.847. The maximum atomic E-state index is 4.65. The molecule has 0 unspecified atom stereocenters. The summed E-state index contributed by atoms with van der Waals surface area (Å²) in [5.74, 6) is 1.75. The fraction of sp³-hybridized carbons (Fsp3) is 0.474. The van der Waals surface area contributed by atoms with Crippen LogP contribution in [0, 0.1) is 12.8 Å². The molecule has 1 heterocycles. The number of aryl methyl sites for hydroxylation is 1. The van der Waals surface area contributed by atoms with Crippen LogP contribution in [0.2, 0.25) is 0 Å². The van der Waals surface area contributed by atoms with Crippen molar-refractivity contribution in [1.29, 1.82) is 0 Å².